The number of pyridine rings is 3. The zero-order valence-electron chi connectivity index (χ0n) is 41.8. The minimum absolute atomic E-state index is 0. The fourth-order valence-corrected chi connectivity index (χ4v) is 10.5. The van der Waals surface area contributed by atoms with Gasteiger partial charge < -0.3 is 24.1 Å². The van der Waals surface area contributed by atoms with Gasteiger partial charge in [-0.2, -0.15) is 35.9 Å². The molecule has 2 radical (unpaired) electrons. The molecule has 3 aliphatic rings. The molecule has 0 N–H and O–H groups in total. The predicted molar refractivity (Wildman–Crippen MR) is 272 cm³/mol. The Balaban J connectivity index is 0.000000193. The van der Waals surface area contributed by atoms with Gasteiger partial charge in [0.15, 0.2) is 0 Å². The number of para-hydroxylation sites is 1. The summed E-state index contributed by atoms with van der Waals surface area (Å²) >= 11 is 0. The van der Waals surface area contributed by atoms with Crippen LogP contribution in [0.15, 0.2) is 134 Å². The largest absolute Gasteiger partial charge is 0.418 e. The topological polar surface area (TPSA) is 77.5 Å². The number of benzene rings is 2. The van der Waals surface area contributed by atoms with Gasteiger partial charge in [0.2, 0.25) is 0 Å². The van der Waals surface area contributed by atoms with Gasteiger partial charge in [-0.25, -0.2) is 0 Å². The van der Waals surface area contributed by atoms with E-state index >= 15 is 0 Å². The zero-order chi connectivity index (χ0) is 46.6. The molecule has 3 fully saturated rings. The third kappa shape index (κ3) is 15.8. The first-order valence-electron chi connectivity index (χ1n) is 24.9. The van der Waals surface area contributed by atoms with E-state index in [0.29, 0.717) is 16.2 Å². The van der Waals surface area contributed by atoms with Crippen molar-refractivity contribution in [3.63, 3.8) is 0 Å². The molecule has 6 heterocycles. The second-order valence-electron chi connectivity index (χ2n) is 21.1. The molecule has 8 nitrogen and oxygen atoms in total. The van der Waals surface area contributed by atoms with Crippen molar-refractivity contribution in [2.75, 3.05) is 18.0 Å². The maximum atomic E-state index is 4.68. The third-order valence-electron chi connectivity index (χ3n) is 15.0. The minimum Gasteiger partial charge on any atom is -0.418 e. The summed E-state index contributed by atoms with van der Waals surface area (Å²) in [6.07, 6.45) is 33.1. The minimum atomic E-state index is -0.106. The van der Waals surface area contributed by atoms with Crippen LogP contribution in [0.5, 0.6) is 0 Å². The molecule has 7 aromatic rings. The number of anilines is 1. The van der Waals surface area contributed by atoms with Crippen molar-refractivity contribution < 1.29 is 61.3 Å². The molecule has 0 spiro atoms. The molecule has 0 bridgehead atoms. The van der Waals surface area contributed by atoms with Gasteiger partial charge in [-0.15, -0.1) is 6.07 Å². The third-order valence-corrected chi connectivity index (χ3v) is 15.0. The first-order valence-corrected chi connectivity index (χ1v) is 24.9. The molecule has 0 atom stereocenters. The Kier molecular flexibility index (Phi) is 21.7. The van der Waals surface area contributed by atoms with Gasteiger partial charge >= 0.3 is 0 Å². The van der Waals surface area contributed by atoms with Gasteiger partial charge in [-0.05, 0) is 115 Å². The smallest absolute Gasteiger partial charge is 0.0547 e. The van der Waals surface area contributed by atoms with Crippen LogP contribution in [0, 0.1) is 34.8 Å². The van der Waals surface area contributed by atoms with Crippen LogP contribution in [0.3, 0.4) is 0 Å². The molecule has 2 aromatic carbocycles. The number of aromatic nitrogens is 7. The summed E-state index contributed by atoms with van der Waals surface area (Å²) in [7, 11) is 0. The fraction of sp³-hybridized carbons (Fsp3) is 0.441. The molecule has 378 valence electrons. The summed E-state index contributed by atoms with van der Waals surface area (Å²) in [6.45, 7) is 14.0. The van der Waals surface area contributed by atoms with E-state index in [1.165, 1.54) is 100 Å². The Labute approximate surface area is 460 Å². The Hall–Kier alpha value is -3.90. The molecular formula is C59H71Ir2N8Pt-3. The van der Waals surface area contributed by atoms with Crippen molar-refractivity contribution in [2.24, 2.45) is 16.2 Å². The van der Waals surface area contributed by atoms with Crippen LogP contribution in [0.1, 0.15) is 140 Å². The summed E-state index contributed by atoms with van der Waals surface area (Å²) in [5.41, 5.74) is 8.54. The number of piperidine rings is 1. The average Bonchev–Trinajstić information content (AvgIpc) is 4.15. The molecule has 2 aliphatic carbocycles. The van der Waals surface area contributed by atoms with Gasteiger partial charge in [-0.3, -0.25) is 15.1 Å². The molecule has 5 aromatic heterocycles. The van der Waals surface area contributed by atoms with Crippen molar-refractivity contribution >= 4 is 5.69 Å². The summed E-state index contributed by atoms with van der Waals surface area (Å²) in [5.74, 6) is 1.70. The number of hydrogen-bond acceptors (Lipinski definition) is 6. The van der Waals surface area contributed by atoms with E-state index < -0.39 is 0 Å². The van der Waals surface area contributed by atoms with Gasteiger partial charge in [0.25, 0.3) is 0 Å². The molecule has 0 unspecified atom stereocenters. The fourth-order valence-electron chi connectivity index (χ4n) is 10.5. The van der Waals surface area contributed by atoms with E-state index in [9.17, 15) is 0 Å². The normalized spacial score (nSPS) is 16.7. The Bertz CT molecular complexity index is 2550. The molecular weight excluding hydrogens is 1400 g/mol. The van der Waals surface area contributed by atoms with E-state index in [4.69, 9.17) is 0 Å². The first-order chi connectivity index (χ1) is 32.5. The number of hydrogen-bond donors (Lipinski definition) is 0. The van der Waals surface area contributed by atoms with Gasteiger partial charge in [0.05, 0.1) is 11.6 Å². The molecule has 1 aliphatic heterocycles. The maximum absolute atomic E-state index is 4.68. The van der Waals surface area contributed by atoms with Gasteiger partial charge in [0.1, 0.15) is 0 Å². The van der Waals surface area contributed by atoms with E-state index in [1.54, 1.807) is 17.1 Å². The van der Waals surface area contributed by atoms with Gasteiger partial charge in [0, 0.05) is 116 Å². The Morgan fingerprint density at radius 2 is 1.26 bits per heavy atom. The zero-order valence-corrected chi connectivity index (χ0v) is 48.8. The van der Waals surface area contributed by atoms with Crippen LogP contribution in [0.2, 0.25) is 0 Å². The van der Waals surface area contributed by atoms with Crippen molar-refractivity contribution in [3.05, 3.63) is 181 Å². The van der Waals surface area contributed by atoms with Crippen LogP contribution >= 0.6 is 0 Å². The standard InChI is InChI=1S/C22H28N.C21H23N4.C16H20N3.2Ir.Pt/c1-21(2,19-10-6-4-7-11-19)20-16-18(12-15-23-20)17-22(3)13-8-5-9-14-22;1-21(10-13-24(14-11-21)19-7-3-2-4-8-19)15-18-16-25(17-23-18)20-9-5-6-12-22-20;1-16(9-3-4-10-16)11-7-14-8-13-19(18-14)15-6-2-5-12-17-15;;;/h4,6-7,10,12,15-16H,5,8-9,13-14,17H2,1-3H3;2-9,12,16H,10-11,13-15H2,1H3;2,5-6,8,12H,3-4,7,9-11H2,1H3;;;/q3*-1;;;. The second kappa shape index (κ2) is 26.7. The number of aryl methyl sites for hydroxylation is 1. The van der Waals surface area contributed by atoms with Gasteiger partial charge in [-0.1, -0.05) is 140 Å². The van der Waals surface area contributed by atoms with Crippen LogP contribution in [0.25, 0.3) is 11.6 Å². The molecule has 0 amide bonds. The van der Waals surface area contributed by atoms with E-state index in [1.807, 2.05) is 65.4 Å². The monoisotopic (exact) mass is 1470 g/mol. The van der Waals surface area contributed by atoms with Crippen LogP contribution in [-0.2, 0) is 86.0 Å². The summed E-state index contributed by atoms with van der Waals surface area (Å²) in [5, 5.41) is 4.57. The maximum Gasteiger partial charge on any atom is 0.0547 e. The Morgan fingerprint density at radius 3 is 1.91 bits per heavy atom. The number of rotatable bonds is 12. The van der Waals surface area contributed by atoms with Crippen molar-refractivity contribution in [3.8, 4) is 11.6 Å². The van der Waals surface area contributed by atoms with Crippen molar-refractivity contribution in [1.82, 2.24) is 34.3 Å². The van der Waals surface area contributed by atoms with Crippen molar-refractivity contribution in [2.45, 2.75) is 136 Å². The Morgan fingerprint density at radius 1 is 0.629 bits per heavy atom. The molecule has 70 heavy (non-hydrogen) atoms. The number of imidazole rings is 1. The quantitative estimate of drug-likeness (QED) is 0.113. The second-order valence-corrected chi connectivity index (χ2v) is 21.1. The molecule has 10 rings (SSSR count). The molecule has 11 heteroatoms. The summed E-state index contributed by atoms with van der Waals surface area (Å²) < 4.78 is 3.63. The van der Waals surface area contributed by atoms with Crippen molar-refractivity contribution in [1.29, 1.82) is 0 Å². The average molecular weight is 1470 g/mol. The van der Waals surface area contributed by atoms with Crippen LogP contribution in [-0.4, -0.2) is 47.4 Å². The molecule has 1 saturated heterocycles. The summed E-state index contributed by atoms with van der Waals surface area (Å²) in [4.78, 5) is 20.3. The predicted octanol–water partition coefficient (Wildman–Crippen LogP) is 13.2. The molecule has 2 saturated carbocycles. The van der Waals surface area contributed by atoms with E-state index in [0.717, 1.165) is 54.6 Å². The van der Waals surface area contributed by atoms with E-state index in [-0.39, 0.29) is 66.7 Å². The number of nitrogens with zero attached hydrogens (tertiary/aromatic N) is 8. The SMILES string of the molecule is CC1(CCc2c[c-]n(-c3ccccn3)n2)CCCC1.CC1(Cc2ccnc(C(C)(C)c3[c-]cccc3)c2)CCCCC1.CC1(Cc2cn(-c3ccccn3)[c-]n2)CCN(c2ccccc2)CC1.[Ir].[Ir].[Pt]. The van der Waals surface area contributed by atoms with Crippen LogP contribution < -0.4 is 4.90 Å². The summed E-state index contributed by atoms with van der Waals surface area (Å²) in [6, 6.07) is 40.5. The first kappa shape index (κ1) is 57.0. The van der Waals surface area contributed by atoms with E-state index in [2.05, 4.69) is 144 Å². The van der Waals surface area contributed by atoms with Crippen LogP contribution in [0.4, 0.5) is 5.69 Å².